The molecule has 1 aromatic heterocycles. The summed E-state index contributed by atoms with van der Waals surface area (Å²) in [5, 5.41) is 10.0. The number of nitrogens with two attached hydrogens (primary N) is 1. The number of hydrogen-bond donors (Lipinski definition) is 2. The van der Waals surface area contributed by atoms with Crippen LogP contribution in [0, 0.1) is 0 Å². The highest BCUT2D eigenvalue weighted by Crippen LogP contribution is 2.21. The van der Waals surface area contributed by atoms with Gasteiger partial charge in [-0.3, -0.25) is 4.98 Å². The van der Waals surface area contributed by atoms with Gasteiger partial charge in [-0.15, -0.1) is 0 Å². The third-order valence-corrected chi connectivity index (χ3v) is 2.21. The van der Waals surface area contributed by atoms with E-state index in [9.17, 15) is 5.11 Å². The number of nitrogens with zero attached hydrogens (tertiary/aromatic N) is 1. The number of benzene rings is 1. The number of rotatable bonds is 2. The standard InChI is InChI=1S/C12H12N2O/c13-11-6-10(7-14-8-11)12(15)9-4-2-1-3-5-9/h1-8,12,15H,13H2. The lowest BCUT2D eigenvalue weighted by atomic mass is 10.0. The summed E-state index contributed by atoms with van der Waals surface area (Å²) in [6.07, 6.45) is 2.51. The normalized spacial score (nSPS) is 12.3. The zero-order chi connectivity index (χ0) is 10.7. The van der Waals surface area contributed by atoms with E-state index in [1.165, 1.54) is 0 Å². The Morgan fingerprint density at radius 1 is 1.07 bits per heavy atom. The average molecular weight is 200 g/mol. The van der Waals surface area contributed by atoms with E-state index in [0.29, 0.717) is 11.3 Å². The van der Waals surface area contributed by atoms with Crippen molar-refractivity contribution < 1.29 is 5.11 Å². The summed E-state index contributed by atoms with van der Waals surface area (Å²) in [5.41, 5.74) is 7.71. The quantitative estimate of drug-likeness (QED) is 0.776. The second kappa shape index (κ2) is 4.11. The molecule has 0 aliphatic heterocycles. The Bertz CT molecular complexity index is 442. The summed E-state index contributed by atoms with van der Waals surface area (Å²) < 4.78 is 0. The molecule has 1 aromatic carbocycles. The van der Waals surface area contributed by atoms with Gasteiger partial charge in [0.25, 0.3) is 0 Å². The fraction of sp³-hybridized carbons (Fsp3) is 0.0833. The zero-order valence-electron chi connectivity index (χ0n) is 8.17. The van der Waals surface area contributed by atoms with Crippen LogP contribution in [0.1, 0.15) is 17.2 Å². The van der Waals surface area contributed by atoms with Crippen molar-refractivity contribution in [2.45, 2.75) is 6.10 Å². The summed E-state index contributed by atoms with van der Waals surface area (Å²) in [5.74, 6) is 0. The van der Waals surface area contributed by atoms with Crippen LogP contribution in [-0.4, -0.2) is 10.1 Å². The second-order valence-electron chi connectivity index (χ2n) is 3.36. The molecule has 15 heavy (non-hydrogen) atoms. The Morgan fingerprint density at radius 2 is 1.80 bits per heavy atom. The van der Waals surface area contributed by atoms with Crippen LogP contribution in [0.3, 0.4) is 0 Å². The van der Waals surface area contributed by atoms with Crippen LogP contribution >= 0.6 is 0 Å². The molecular formula is C12H12N2O. The molecule has 0 spiro atoms. The Hall–Kier alpha value is -1.87. The predicted octanol–water partition coefficient (Wildman–Crippen LogP) is 1.75. The molecule has 1 atom stereocenters. The molecule has 0 radical (unpaired) electrons. The second-order valence-corrected chi connectivity index (χ2v) is 3.36. The fourth-order valence-electron chi connectivity index (χ4n) is 1.45. The number of pyridine rings is 1. The van der Waals surface area contributed by atoms with Crippen LogP contribution in [-0.2, 0) is 0 Å². The van der Waals surface area contributed by atoms with Gasteiger partial charge in [0.2, 0.25) is 0 Å². The Balaban J connectivity index is 2.32. The highest BCUT2D eigenvalue weighted by molar-refractivity contribution is 5.40. The molecule has 3 heteroatoms. The molecule has 3 N–H and O–H groups in total. The van der Waals surface area contributed by atoms with Crippen LogP contribution in [0.2, 0.25) is 0 Å². The average Bonchev–Trinajstić information content (AvgIpc) is 2.29. The van der Waals surface area contributed by atoms with E-state index in [2.05, 4.69) is 4.98 Å². The van der Waals surface area contributed by atoms with Gasteiger partial charge in [0.15, 0.2) is 0 Å². The van der Waals surface area contributed by atoms with E-state index in [-0.39, 0.29) is 0 Å². The summed E-state index contributed by atoms with van der Waals surface area (Å²) in [6.45, 7) is 0. The minimum Gasteiger partial charge on any atom is -0.397 e. The summed E-state index contributed by atoms with van der Waals surface area (Å²) in [4.78, 5) is 3.95. The molecule has 76 valence electrons. The predicted molar refractivity (Wildman–Crippen MR) is 59.2 cm³/mol. The van der Waals surface area contributed by atoms with Crippen LogP contribution in [0.15, 0.2) is 48.8 Å². The van der Waals surface area contributed by atoms with Gasteiger partial charge in [-0.25, -0.2) is 0 Å². The van der Waals surface area contributed by atoms with Gasteiger partial charge in [-0.2, -0.15) is 0 Å². The third kappa shape index (κ3) is 2.14. The first kappa shape index (κ1) is 9.68. The SMILES string of the molecule is Nc1cncc(C(O)c2ccccc2)c1. The Morgan fingerprint density at radius 3 is 2.47 bits per heavy atom. The third-order valence-electron chi connectivity index (χ3n) is 2.21. The molecular weight excluding hydrogens is 188 g/mol. The van der Waals surface area contributed by atoms with Gasteiger partial charge in [-0.1, -0.05) is 30.3 Å². The molecule has 1 unspecified atom stereocenters. The minimum atomic E-state index is -0.665. The molecule has 3 nitrogen and oxygen atoms in total. The molecule has 0 aliphatic rings. The Labute approximate surface area is 88.2 Å². The Kier molecular flexibility index (Phi) is 2.65. The number of aromatic nitrogens is 1. The molecule has 0 bridgehead atoms. The summed E-state index contributed by atoms with van der Waals surface area (Å²) in [6, 6.07) is 11.1. The smallest absolute Gasteiger partial charge is 0.106 e. The first-order chi connectivity index (χ1) is 7.27. The molecule has 0 amide bonds. The number of hydrogen-bond acceptors (Lipinski definition) is 3. The molecule has 2 aromatic rings. The monoisotopic (exact) mass is 200 g/mol. The lowest BCUT2D eigenvalue weighted by Gasteiger charge is -2.10. The number of nitrogen functional groups attached to an aromatic ring is 1. The fourth-order valence-corrected chi connectivity index (χ4v) is 1.45. The van der Waals surface area contributed by atoms with Crippen molar-refractivity contribution in [3.63, 3.8) is 0 Å². The van der Waals surface area contributed by atoms with E-state index in [1.807, 2.05) is 30.3 Å². The highest BCUT2D eigenvalue weighted by Gasteiger charge is 2.09. The molecule has 0 aliphatic carbocycles. The van der Waals surface area contributed by atoms with Crippen molar-refractivity contribution in [1.82, 2.24) is 4.98 Å². The van der Waals surface area contributed by atoms with Crippen molar-refractivity contribution >= 4 is 5.69 Å². The van der Waals surface area contributed by atoms with E-state index in [0.717, 1.165) is 5.56 Å². The first-order valence-corrected chi connectivity index (χ1v) is 4.71. The zero-order valence-corrected chi connectivity index (χ0v) is 8.17. The van der Waals surface area contributed by atoms with Gasteiger partial charge in [-0.05, 0) is 11.6 Å². The largest absolute Gasteiger partial charge is 0.397 e. The lowest BCUT2D eigenvalue weighted by molar-refractivity contribution is 0.220. The van der Waals surface area contributed by atoms with Crippen molar-refractivity contribution in [3.8, 4) is 0 Å². The van der Waals surface area contributed by atoms with Gasteiger partial charge in [0.1, 0.15) is 6.10 Å². The maximum Gasteiger partial charge on any atom is 0.106 e. The van der Waals surface area contributed by atoms with Crippen molar-refractivity contribution in [3.05, 3.63) is 59.9 Å². The number of anilines is 1. The van der Waals surface area contributed by atoms with E-state index < -0.39 is 6.10 Å². The number of aliphatic hydroxyl groups excluding tert-OH is 1. The van der Waals surface area contributed by atoms with Crippen molar-refractivity contribution in [2.75, 3.05) is 5.73 Å². The lowest BCUT2D eigenvalue weighted by Crippen LogP contribution is -2.01. The molecule has 0 saturated carbocycles. The first-order valence-electron chi connectivity index (χ1n) is 4.71. The van der Waals surface area contributed by atoms with Crippen LogP contribution < -0.4 is 5.73 Å². The van der Waals surface area contributed by atoms with Crippen molar-refractivity contribution in [1.29, 1.82) is 0 Å². The molecule has 2 rings (SSSR count). The van der Waals surface area contributed by atoms with Crippen molar-refractivity contribution in [2.24, 2.45) is 0 Å². The van der Waals surface area contributed by atoms with Crippen LogP contribution in [0.25, 0.3) is 0 Å². The maximum atomic E-state index is 10.0. The van der Waals surface area contributed by atoms with E-state index >= 15 is 0 Å². The van der Waals surface area contributed by atoms with Gasteiger partial charge < -0.3 is 10.8 Å². The van der Waals surface area contributed by atoms with Gasteiger partial charge in [0.05, 0.1) is 5.69 Å². The maximum absolute atomic E-state index is 10.0. The summed E-state index contributed by atoms with van der Waals surface area (Å²) in [7, 11) is 0. The highest BCUT2D eigenvalue weighted by atomic mass is 16.3. The van der Waals surface area contributed by atoms with Gasteiger partial charge >= 0.3 is 0 Å². The topological polar surface area (TPSA) is 59.1 Å². The molecule has 1 heterocycles. The van der Waals surface area contributed by atoms with Crippen LogP contribution in [0.5, 0.6) is 0 Å². The molecule has 0 saturated heterocycles. The summed E-state index contributed by atoms with van der Waals surface area (Å²) >= 11 is 0. The van der Waals surface area contributed by atoms with E-state index in [4.69, 9.17) is 5.73 Å². The minimum absolute atomic E-state index is 0.558. The van der Waals surface area contributed by atoms with Crippen LogP contribution in [0.4, 0.5) is 5.69 Å². The number of aliphatic hydroxyl groups is 1. The van der Waals surface area contributed by atoms with Gasteiger partial charge in [0, 0.05) is 18.0 Å². The van der Waals surface area contributed by atoms with E-state index in [1.54, 1.807) is 18.5 Å². The molecule has 0 fully saturated rings.